The monoisotopic (exact) mass is 362 g/mol. The highest BCUT2D eigenvalue weighted by Crippen LogP contribution is 2.33. The van der Waals surface area contributed by atoms with Gasteiger partial charge in [-0.15, -0.1) is 0 Å². The summed E-state index contributed by atoms with van der Waals surface area (Å²) in [5, 5.41) is 2.84. The van der Waals surface area contributed by atoms with Gasteiger partial charge < -0.3 is 5.32 Å². The SMILES string of the molecule is O=C(CN1C(=O)NC2(CCCCC2)C1=O)c1ccc(-c2ccccc2)cc1. The molecule has 4 rings (SSSR count). The molecule has 2 aromatic rings. The quantitative estimate of drug-likeness (QED) is 0.665. The van der Waals surface area contributed by atoms with Crippen LogP contribution in [0.15, 0.2) is 54.6 Å². The normalized spacial score (nSPS) is 18.6. The molecule has 0 aromatic heterocycles. The Hall–Kier alpha value is -2.95. The third kappa shape index (κ3) is 3.25. The third-order valence-electron chi connectivity index (χ3n) is 5.57. The molecule has 1 heterocycles. The number of carbonyl (C=O) groups excluding carboxylic acids is 3. The molecular formula is C22H22N2O3. The Morgan fingerprint density at radius 2 is 1.52 bits per heavy atom. The van der Waals surface area contributed by atoms with Crippen LogP contribution in [0.1, 0.15) is 42.5 Å². The summed E-state index contributed by atoms with van der Waals surface area (Å²) in [6.07, 6.45) is 4.25. The molecule has 1 N–H and O–H groups in total. The average molecular weight is 362 g/mol. The lowest BCUT2D eigenvalue weighted by molar-refractivity contribution is -0.132. The maximum Gasteiger partial charge on any atom is 0.325 e. The highest BCUT2D eigenvalue weighted by Gasteiger charge is 2.51. The lowest BCUT2D eigenvalue weighted by atomic mass is 9.82. The van der Waals surface area contributed by atoms with Gasteiger partial charge in [-0.1, -0.05) is 73.9 Å². The Kier molecular flexibility index (Phi) is 4.52. The van der Waals surface area contributed by atoms with E-state index in [1.54, 1.807) is 12.1 Å². The van der Waals surface area contributed by atoms with E-state index in [1.165, 1.54) is 0 Å². The molecule has 1 aliphatic heterocycles. The Morgan fingerprint density at radius 3 is 2.19 bits per heavy atom. The van der Waals surface area contributed by atoms with Crippen LogP contribution in [-0.2, 0) is 4.79 Å². The first-order chi connectivity index (χ1) is 13.1. The molecule has 1 aliphatic carbocycles. The number of hydrogen-bond donors (Lipinski definition) is 1. The van der Waals surface area contributed by atoms with E-state index in [0.29, 0.717) is 18.4 Å². The van der Waals surface area contributed by atoms with E-state index in [2.05, 4.69) is 5.32 Å². The van der Waals surface area contributed by atoms with Gasteiger partial charge in [-0.05, 0) is 24.0 Å². The maximum absolute atomic E-state index is 12.8. The number of amides is 3. The maximum atomic E-state index is 12.8. The van der Waals surface area contributed by atoms with Crippen molar-refractivity contribution >= 4 is 17.7 Å². The van der Waals surface area contributed by atoms with Crippen LogP contribution in [0.2, 0.25) is 0 Å². The Bertz CT molecular complexity index is 868. The molecule has 0 bridgehead atoms. The summed E-state index contributed by atoms with van der Waals surface area (Å²) in [7, 11) is 0. The van der Waals surface area contributed by atoms with Crippen LogP contribution in [0.25, 0.3) is 11.1 Å². The number of hydrogen-bond acceptors (Lipinski definition) is 3. The first-order valence-electron chi connectivity index (χ1n) is 9.42. The minimum absolute atomic E-state index is 0.211. The largest absolute Gasteiger partial charge is 0.325 e. The summed E-state index contributed by atoms with van der Waals surface area (Å²) in [5.74, 6) is -0.479. The lowest BCUT2D eigenvalue weighted by Gasteiger charge is -2.30. The molecule has 5 heteroatoms. The zero-order chi connectivity index (χ0) is 18.9. The van der Waals surface area contributed by atoms with E-state index < -0.39 is 11.6 Å². The minimum Gasteiger partial charge on any atom is -0.323 e. The molecule has 138 valence electrons. The van der Waals surface area contributed by atoms with Crippen LogP contribution in [0.5, 0.6) is 0 Å². The minimum atomic E-state index is -0.785. The van der Waals surface area contributed by atoms with Crippen molar-refractivity contribution in [1.29, 1.82) is 0 Å². The molecule has 3 amide bonds. The second-order valence-electron chi connectivity index (χ2n) is 7.33. The predicted molar refractivity (Wildman–Crippen MR) is 102 cm³/mol. The molecule has 2 aromatic carbocycles. The molecule has 0 radical (unpaired) electrons. The zero-order valence-corrected chi connectivity index (χ0v) is 15.1. The molecule has 0 atom stereocenters. The number of nitrogens with zero attached hydrogens (tertiary/aromatic N) is 1. The summed E-state index contributed by atoms with van der Waals surface area (Å²) in [5.41, 5.74) is 1.81. The Morgan fingerprint density at radius 1 is 0.889 bits per heavy atom. The fraction of sp³-hybridized carbons (Fsp3) is 0.318. The van der Waals surface area contributed by atoms with Crippen LogP contribution < -0.4 is 5.32 Å². The van der Waals surface area contributed by atoms with Gasteiger partial charge in [-0.3, -0.25) is 14.5 Å². The number of nitrogens with one attached hydrogen (secondary N) is 1. The van der Waals surface area contributed by atoms with Crippen LogP contribution in [0.3, 0.4) is 0 Å². The molecule has 5 nitrogen and oxygen atoms in total. The van der Waals surface area contributed by atoms with Gasteiger partial charge in [0.2, 0.25) is 0 Å². The smallest absolute Gasteiger partial charge is 0.323 e. The number of benzene rings is 2. The summed E-state index contributed by atoms with van der Waals surface area (Å²) in [4.78, 5) is 38.8. The van der Waals surface area contributed by atoms with E-state index in [0.717, 1.165) is 35.3 Å². The van der Waals surface area contributed by atoms with Crippen molar-refractivity contribution < 1.29 is 14.4 Å². The molecule has 1 spiro atoms. The van der Waals surface area contributed by atoms with Gasteiger partial charge in [-0.2, -0.15) is 0 Å². The zero-order valence-electron chi connectivity index (χ0n) is 15.1. The van der Waals surface area contributed by atoms with E-state index in [-0.39, 0.29) is 18.2 Å². The molecular weight excluding hydrogens is 340 g/mol. The van der Waals surface area contributed by atoms with Crippen molar-refractivity contribution in [3.05, 3.63) is 60.2 Å². The summed E-state index contributed by atoms with van der Waals surface area (Å²) >= 11 is 0. The summed E-state index contributed by atoms with van der Waals surface area (Å²) in [6.45, 7) is -0.211. The standard InChI is InChI=1S/C22H22N2O3/c25-19(18-11-9-17(10-12-18)16-7-3-1-4-8-16)15-24-20(26)22(23-21(24)27)13-5-2-6-14-22/h1,3-4,7-12H,2,5-6,13-15H2,(H,23,27). The number of rotatable bonds is 4. The van der Waals surface area contributed by atoms with Crippen LogP contribution in [0.4, 0.5) is 4.79 Å². The van der Waals surface area contributed by atoms with Crippen molar-refractivity contribution in [2.24, 2.45) is 0 Å². The lowest BCUT2D eigenvalue weighted by Crippen LogP contribution is -2.48. The summed E-state index contributed by atoms with van der Waals surface area (Å²) < 4.78 is 0. The van der Waals surface area contributed by atoms with E-state index in [4.69, 9.17) is 0 Å². The Labute approximate surface area is 158 Å². The van der Waals surface area contributed by atoms with Crippen LogP contribution in [-0.4, -0.2) is 34.7 Å². The van der Waals surface area contributed by atoms with Crippen LogP contribution >= 0.6 is 0 Å². The van der Waals surface area contributed by atoms with Gasteiger partial charge in [0, 0.05) is 5.56 Å². The first kappa shape index (κ1) is 17.5. The van der Waals surface area contributed by atoms with Gasteiger partial charge in [0.05, 0.1) is 6.54 Å². The van der Waals surface area contributed by atoms with Crippen molar-refractivity contribution in [2.75, 3.05) is 6.54 Å². The molecule has 1 saturated heterocycles. The molecule has 2 fully saturated rings. The number of carbonyl (C=O) groups is 3. The summed E-state index contributed by atoms with van der Waals surface area (Å²) in [6, 6.07) is 16.7. The van der Waals surface area contributed by atoms with Crippen molar-refractivity contribution in [3.63, 3.8) is 0 Å². The van der Waals surface area contributed by atoms with Crippen molar-refractivity contribution in [1.82, 2.24) is 10.2 Å². The second kappa shape index (κ2) is 6.99. The topological polar surface area (TPSA) is 66.5 Å². The molecule has 27 heavy (non-hydrogen) atoms. The fourth-order valence-corrected chi connectivity index (χ4v) is 4.03. The van der Waals surface area contributed by atoms with Gasteiger partial charge in [-0.25, -0.2) is 4.79 Å². The van der Waals surface area contributed by atoms with Crippen molar-refractivity contribution in [2.45, 2.75) is 37.6 Å². The van der Waals surface area contributed by atoms with E-state index in [9.17, 15) is 14.4 Å². The van der Waals surface area contributed by atoms with E-state index >= 15 is 0 Å². The highest BCUT2D eigenvalue weighted by molar-refractivity contribution is 6.11. The first-order valence-corrected chi connectivity index (χ1v) is 9.42. The number of ketones is 1. The molecule has 2 aliphatic rings. The van der Waals surface area contributed by atoms with E-state index in [1.807, 2.05) is 42.5 Å². The fourth-order valence-electron chi connectivity index (χ4n) is 4.03. The molecule has 0 unspecified atom stereocenters. The number of urea groups is 1. The highest BCUT2D eigenvalue weighted by atomic mass is 16.2. The number of Topliss-reactive ketones (excluding diaryl/α,β-unsaturated/α-hetero) is 1. The van der Waals surface area contributed by atoms with Gasteiger partial charge >= 0.3 is 6.03 Å². The number of imide groups is 1. The average Bonchev–Trinajstić information content (AvgIpc) is 2.93. The van der Waals surface area contributed by atoms with Crippen molar-refractivity contribution in [3.8, 4) is 11.1 Å². The van der Waals surface area contributed by atoms with Gasteiger partial charge in [0.1, 0.15) is 5.54 Å². The van der Waals surface area contributed by atoms with Crippen LogP contribution in [0, 0.1) is 0 Å². The second-order valence-corrected chi connectivity index (χ2v) is 7.33. The van der Waals surface area contributed by atoms with Gasteiger partial charge in [0.15, 0.2) is 5.78 Å². The predicted octanol–water partition coefficient (Wildman–Crippen LogP) is 3.79. The van der Waals surface area contributed by atoms with Gasteiger partial charge in [0.25, 0.3) is 5.91 Å². The third-order valence-corrected chi connectivity index (χ3v) is 5.57. The molecule has 1 saturated carbocycles. The Balaban J connectivity index is 1.47.